The average Bonchev–Trinajstić information content (AvgIpc) is 2.60. The number of benzene rings is 1. The Morgan fingerprint density at radius 1 is 1.23 bits per heavy atom. The summed E-state index contributed by atoms with van der Waals surface area (Å²) in [6, 6.07) is 6.89. The number of pyridine rings is 1. The monoisotopic (exact) mass is 354 g/mol. The summed E-state index contributed by atoms with van der Waals surface area (Å²) in [5.74, 6) is 1.05. The number of nitrogens with zero attached hydrogens (tertiary/aromatic N) is 1. The van der Waals surface area contributed by atoms with Crippen LogP contribution in [-0.4, -0.2) is 10.9 Å². The van der Waals surface area contributed by atoms with Crippen molar-refractivity contribution in [1.82, 2.24) is 4.98 Å². The first-order valence-corrected chi connectivity index (χ1v) is 9.85. The van der Waals surface area contributed by atoms with Gasteiger partial charge >= 0.3 is 0 Å². The molecule has 3 nitrogen and oxygen atoms in total. The van der Waals surface area contributed by atoms with Crippen LogP contribution < -0.4 is 5.73 Å². The Kier molecular flexibility index (Phi) is 4.45. The van der Waals surface area contributed by atoms with Crippen LogP contribution in [0.2, 0.25) is 0 Å². The fourth-order valence-electron chi connectivity index (χ4n) is 5.36. The Hall–Kier alpha value is -1.97. The van der Waals surface area contributed by atoms with E-state index in [0.29, 0.717) is 17.8 Å². The van der Waals surface area contributed by atoms with Gasteiger partial charge in [-0.1, -0.05) is 13.3 Å². The van der Waals surface area contributed by atoms with Gasteiger partial charge in [0.15, 0.2) is 0 Å². The van der Waals surface area contributed by atoms with E-state index in [1.165, 1.54) is 11.6 Å². The van der Waals surface area contributed by atoms with Crippen LogP contribution in [-0.2, 0) is 4.79 Å². The number of halogens is 1. The molecule has 2 fully saturated rings. The molecule has 2 saturated carbocycles. The molecular weight excluding hydrogens is 327 g/mol. The van der Waals surface area contributed by atoms with Crippen molar-refractivity contribution in [1.29, 1.82) is 0 Å². The second-order valence-corrected chi connectivity index (χ2v) is 8.34. The normalized spacial score (nSPS) is 26.2. The molecule has 4 heteroatoms. The fraction of sp³-hybridized carbons (Fsp3) is 0.545. The van der Waals surface area contributed by atoms with Crippen molar-refractivity contribution in [2.24, 2.45) is 23.0 Å². The fourth-order valence-corrected chi connectivity index (χ4v) is 5.36. The number of hydrogen-bond acceptors (Lipinski definition) is 2. The highest BCUT2D eigenvalue weighted by atomic mass is 19.1. The molecule has 138 valence electrons. The van der Waals surface area contributed by atoms with Crippen LogP contribution in [0.25, 0.3) is 10.9 Å². The highest BCUT2D eigenvalue weighted by Crippen LogP contribution is 2.53. The third-order valence-corrected chi connectivity index (χ3v) is 7.26. The van der Waals surface area contributed by atoms with Gasteiger partial charge in [0.25, 0.3) is 0 Å². The predicted octanol–water partition coefficient (Wildman–Crippen LogP) is 4.94. The van der Waals surface area contributed by atoms with E-state index >= 15 is 0 Å². The summed E-state index contributed by atoms with van der Waals surface area (Å²) in [5, 5.41) is 0.941. The average molecular weight is 354 g/mol. The molecule has 4 rings (SSSR count). The molecule has 0 unspecified atom stereocenters. The van der Waals surface area contributed by atoms with E-state index in [4.69, 9.17) is 5.73 Å². The predicted molar refractivity (Wildman–Crippen MR) is 101 cm³/mol. The number of primary amides is 1. The quantitative estimate of drug-likeness (QED) is 0.845. The Labute approximate surface area is 154 Å². The molecule has 2 aromatic rings. The van der Waals surface area contributed by atoms with Crippen LogP contribution in [0.5, 0.6) is 0 Å². The van der Waals surface area contributed by atoms with Gasteiger partial charge in [-0.15, -0.1) is 0 Å². The minimum Gasteiger partial charge on any atom is -0.369 e. The molecule has 0 bridgehead atoms. The largest absolute Gasteiger partial charge is 0.369 e. The maximum atomic E-state index is 13.7. The van der Waals surface area contributed by atoms with E-state index in [2.05, 4.69) is 11.9 Å². The summed E-state index contributed by atoms with van der Waals surface area (Å²) in [5.41, 5.74) is 7.57. The first-order valence-electron chi connectivity index (χ1n) is 9.85. The summed E-state index contributed by atoms with van der Waals surface area (Å²) in [4.78, 5) is 16.4. The summed E-state index contributed by atoms with van der Waals surface area (Å²) in [7, 11) is 0. The van der Waals surface area contributed by atoms with Crippen LogP contribution >= 0.6 is 0 Å². The standard InChI is InChI=1S/C22H27FN2O/c1-14(22(21(24)26)10-2-11-22)15-3-5-16(6-4-15)18-9-12-25-20-8-7-17(23)13-19(18)20/h7-9,12-16H,2-6,10-11H2,1H3,(H2,24,26)/t14-,15?,16?/m1/s1. The summed E-state index contributed by atoms with van der Waals surface area (Å²) < 4.78 is 13.7. The highest BCUT2D eigenvalue weighted by molar-refractivity contribution is 5.83. The zero-order chi connectivity index (χ0) is 18.3. The van der Waals surface area contributed by atoms with E-state index in [9.17, 15) is 9.18 Å². The second-order valence-electron chi connectivity index (χ2n) is 8.34. The molecule has 26 heavy (non-hydrogen) atoms. The van der Waals surface area contributed by atoms with Gasteiger partial charge < -0.3 is 5.73 Å². The van der Waals surface area contributed by atoms with Gasteiger partial charge in [-0.25, -0.2) is 4.39 Å². The Balaban J connectivity index is 1.51. The number of amides is 1. The molecule has 2 N–H and O–H groups in total. The number of fused-ring (bicyclic) bond motifs is 1. The van der Waals surface area contributed by atoms with Crippen LogP contribution in [0.1, 0.15) is 63.4 Å². The molecule has 0 spiro atoms. The van der Waals surface area contributed by atoms with Gasteiger partial charge in [0.2, 0.25) is 5.91 Å². The summed E-state index contributed by atoms with van der Waals surface area (Å²) >= 11 is 0. The zero-order valence-electron chi connectivity index (χ0n) is 15.4. The van der Waals surface area contributed by atoms with Crippen molar-refractivity contribution >= 4 is 16.8 Å². The number of carbonyl (C=O) groups is 1. The molecule has 2 aliphatic rings. The van der Waals surface area contributed by atoms with Crippen LogP contribution in [0.15, 0.2) is 30.5 Å². The van der Waals surface area contributed by atoms with Crippen molar-refractivity contribution in [3.05, 3.63) is 41.8 Å². The number of hydrogen-bond donors (Lipinski definition) is 1. The van der Waals surface area contributed by atoms with Crippen molar-refractivity contribution in [2.75, 3.05) is 0 Å². The van der Waals surface area contributed by atoms with E-state index in [-0.39, 0.29) is 17.1 Å². The zero-order valence-corrected chi connectivity index (χ0v) is 15.4. The lowest BCUT2D eigenvalue weighted by molar-refractivity contribution is -0.139. The minimum absolute atomic E-state index is 0.103. The number of carbonyl (C=O) groups excluding carboxylic acids is 1. The number of rotatable bonds is 4. The molecule has 2 aliphatic carbocycles. The van der Waals surface area contributed by atoms with Crippen molar-refractivity contribution in [3.63, 3.8) is 0 Å². The lowest BCUT2D eigenvalue weighted by atomic mass is 9.56. The maximum Gasteiger partial charge on any atom is 0.223 e. The molecular formula is C22H27FN2O. The van der Waals surface area contributed by atoms with E-state index in [1.807, 2.05) is 12.3 Å². The maximum absolute atomic E-state index is 13.7. The van der Waals surface area contributed by atoms with Gasteiger partial charge in [0.1, 0.15) is 5.82 Å². The lowest BCUT2D eigenvalue weighted by Gasteiger charge is -2.48. The van der Waals surface area contributed by atoms with Crippen LogP contribution in [0, 0.1) is 23.1 Å². The summed E-state index contributed by atoms with van der Waals surface area (Å²) in [6.45, 7) is 2.23. The molecule has 0 radical (unpaired) electrons. The van der Waals surface area contributed by atoms with E-state index in [0.717, 1.165) is 55.8 Å². The van der Waals surface area contributed by atoms with Crippen molar-refractivity contribution in [3.8, 4) is 0 Å². The Bertz CT molecular complexity index is 822. The topological polar surface area (TPSA) is 56.0 Å². The molecule has 1 heterocycles. The minimum atomic E-state index is -0.260. The van der Waals surface area contributed by atoms with Crippen LogP contribution in [0.3, 0.4) is 0 Å². The van der Waals surface area contributed by atoms with E-state index in [1.54, 1.807) is 12.1 Å². The SMILES string of the molecule is C[C@H](C1CCC(c2ccnc3ccc(F)cc23)CC1)C1(C(N)=O)CCC1. The molecule has 0 saturated heterocycles. The Morgan fingerprint density at radius 3 is 2.58 bits per heavy atom. The lowest BCUT2D eigenvalue weighted by Crippen LogP contribution is -2.50. The second kappa shape index (κ2) is 6.64. The first kappa shape index (κ1) is 17.4. The summed E-state index contributed by atoms with van der Waals surface area (Å²) in [6.07, 6.45) is 9.26. The smallest absolute Gasteiger partial charge is 0.223 e. The third-order valence-electron chi connectivity index (χ3n) is 7.26. The molecule has 1 atom stereocenters. The van der Waals surface area contributed by atoms with Gasteiger partial charge in [0.05, 0.1) is 10.9 Å². The van der Waals surface area contributed by atoms with Gasteiger partial charge in [-0.3, -0.25) is 9.78 Å². The van der Waals surface area contributed by atoms with E-state index < -0.39 is 0 Å². The molecule has 1 aromatic heterocycles. The Morgan fingerprint density at radius 2 is 1.96 bits per heavy atom. The van der Waals surface area contributed by atoms with Gasteiger partial charge in [-0.05, 0) is 86.1 Å². The first-order chi connectivity index (χ1) is 12.5. The van der Waals surface area contributed by atoms with Gasteiger partial charge in [-0.2, -0.15) is 0 Å². The van der Waals surface area contributed by atoms with Gasteiger partial charge in [0, 0.05) is 11.6 Å². The highest BCUT2D eigenvalue weighted by Gasteiger charge is 2.49. The number of nitrogens with two attached hydrogens (primary N) is 1. The van der Waals surface area contributed by atoms with Crippen molar-refractivity contribution < 1.29 is 9.18 Å². The number of aromatic nitrogens is 1. The molecule has 0 aliphatic heterocycles. The third kappa shape index (κ3) is 2.80. The molecule has 1 amide bonds. The van der Waals surface area contributed by atoms with Crippen molar-refractivity contribution in [2.45, 2.75) is 57.8 Å². The molecule has 1 aromatic carbocycles. The van der Waals surface area contributed by atoms with Crippen LogP contribution in [0.4, 0.5) is 4.39 Å².